The Kier molecular flexibility index (Phi) is 4.82. The molecule has 3 heteroatoms. The zero-order valence-electron chi connectivity index (χ0n) is 9.95. The fraction of sp³-hybridized carbons (Fsp3) is 0.692. The van der Waals surface area contributed by atoms with E-state index in [1.54, 1.807) is 0 Å². The molecule has 1 aliphatic carbocycles. The number of hydrogen-bond donors (Lipinski definition) is 1. The molecule has 90 valence electrons. The third-order valence-corrected chi connectivity index (χ3v) is 4.33. The van der Waals surface area contributed by atoms with Gasteiger partial charge in [0.05, 0.1) is 6.10 Å². The summed E-state index contributed by atoms with van der Waals surface area (Å²) in [5, 5.41) is 5.81. The summed E-state index contributed by atoms with van der Waals surface area (Å²) in [6.45, 7) is 1.11. The molecule has 0 saturated heterocycles. The highest BCUT2D eigenvalue weighted by molar-refractivity contribution is 7.09. The monoisotopic (exact) mass is 239 g/mol. The predicted molar refractivity (Wildman–Crippen MR) is 69.1 cm³/mol. The van der Waals surface area contributed by atoms with Crippen molar-refractivity contribution in [3.05, 3.63) is 22.4 Å². The second-order valence-corrected chi connectivity index (χ2v) is 5.53. The molecular weight excluding hydrogens is 218 g/mol. The SMILES string of the molecule is COC1CCC(NCCc2cccs2)CC1. The Bertz CT molecular complexity index is 278. The van der Waals surface area contributed by atoms with Crippen LogP contribution >= 0.6 is 11.3 Å². The maximum atomic E-state index is 5.38. The molecule has 0 aliphatic heterocycles. The second-order valence-electron chi connectivity index (χ2n) is 4.49. The maximum Gasteiger partial charge on any atom is 0.0572 e. The standard InChI is InChI=1S/C13H21NOS/c1-15-12-6-4-11(5-7-12)14-9-8-13-3-2-10-16-13/h2-3,10-12,14H,4-9H2,1H3. The quantitative estimate of drug-likeness (QED) is 0.853. The van der Waals surface area contributed by atoms with Crippen LogP contribution in [0, 0.1) is 0 Å². The van der Waals surface area contributed by atoms with E-state index in [4.69, 9.17) is 4.74 Å². The van der Waals surface area contributed by atoms with Gasteiger partial charge in [0.15, 0.2) is 0 Å². The number of hydrogen-bond acceptors (Lipinski definition) is 3. The summed E-state index contributed by atoms with van der Waals surface area (Å²) in [6, 6.07) is 5.06. The smallest absolute Gasteiger partial charge is 0.0572 e. The Hall–Kier alpha value is -0.380. The highest BCUT2D eigenvalue weighted by Gasteiger charge is 2.19. The first-order valence-corrected chi connectivity index (χ1v) is 7.05. The van der Waals surface area contributed by atoms with Crippen LogP contribution in [0.15, 0.2) is 17.5 Å². The van der Waals surface area contributed by atoms with E-state index in [2.05, 4.69) is 22.8 Å². The van der Waals surface area contributed by atoms with Gasteiger partial charge in [-0.25, -0.2) is 0 Å². The van der Waals surface area contributed by atoms with E-state index < -0.39 is 0 Å². The Morgan fingerprint density at radius 1 is 1.38 bits per heavy atom. The third kappa shape index (κ3) is 3.58. The van der Waals surface area contributed by atoms with Crippen molar-refractivity contribution in [2.45, 2.75) is 44.2 Å². The van der Waals surface area contributed by atoms with Crippen LogP contribution in [0.25, 0.3) is 0 Å². The molecule has 1 aromatic heterocycles. The van der Waals surface area contributed by atoms with Gasteiger partial charge in [-0.3, -0.25) is 0 Å². The molecule has 1 fully saturated rings. The van der Waals surface area contributed by atoms with Crippen molar-refractivity contribution in [2.24, 2.45) is 0 Å². The number of nitrogens with one attached hydrogen (secondary N) is 1. The lowest BCUT2D eigenvalue weighted by Gasteiger charge is -2.28. The van der Waals surface area contributed by atoms with Gasteiger partial charge in [-0.05, 0) is 43.6 Å². The van der Waals surface area contributed by atoms with Crippen molar-refractivity contribution in [3.8, 4) is 0 Å². The molecule has 0 bridgehead atoms. The summed E-state index contributed by atoms with van der Waals surface area (Å²) < 4.78 is 5.38. The van der Waals surface area contributed by atoms with Gasteiger partial charge in [0, 0.05) is 24.6 Å². The number of methoxy groups -OCH3 is 1. The van der Waals surface area contributed by atoms with Gasteiger partial charge in [-0.1, -0.05) is 6.07 Å². The van der Waals surface area contributed by atoms with Crippen molar-refractivity contribution in [1.29, 1.82) is 0 Å². The van der Waals surface area contributed by atoms with E-state index in [0.29, 0.717) is 12.1 Å². The van der Waals surface area contributed by atoms with Crippen molar-refractivity contribution in [2.75, 3.05) is 13.7 Å². The second kappa shape index (κ2) is 6.38. The van der Waals surface area contributed by atoms with E-state index in [-0.39, 0.29) is 0 Å². The topological polar surface area (TPSA) is 21.3 Å². The first-order chi connectivity index (χ1) is 7.88. The molecule has 16 heavy (non-hydrogen) atoms. The lowest BCUT2D eigenvalue weighted by Crippen LogP contribution is -2.36. The van der Waals surface area contributed by atoms with Crippen molar-refractivity contribution in [3.63, 3.8) is 0 Å². The Balaban J connectivity index is 1.60. The zero-order chi connectivity index (χ0) is 11.2. The minimum absolute atomic E-state index is 0.510. The zero-order valence-corrected chi connectivity index (χ0v) is 10.8. The van der Waals surface area contributed by atoms with Crippen molar-refractivity contribution < 1.29 is 4.74 Å². The summed E-state index contributed by atoms with van der Waals surface area (Å²) in [4.78, 5) is 1.48. The minimum Gasteiger partial charge on any atom is -0.381 e. The van der Waals surface area contributed by atoms with Crippen LogP contribution < -0.4 is 5.32 Å². The van der Waals surface area contributed by atoms with Gasteiger partial charge >= 0.3 is 0 Å². The van der Waals surface area contributed by atoms with Crippen LogP contribution in [0.5, 0.6) is 0 Å². The van der Waals surface area contributed by atoms with E-state index in [1.165, 1.54) is 37.0 Å². The molecule has 2 rings (SSSR count). The lowest BCUT2D eigenvalue weighted by molar-refractivity contribution is 0.0626. The molecule has 2 nitrogen and oxygen atoms in total. The lowest BCUT2D eigenvalue weighted by atomic mass is 9.93. The predicted octanol–water partition coefficient (Wildman–Crippen LogP) is 2.84. The fourth-order valence-electron chi connectivity index (χ4n) is 2.36. The van der Waals surface area contributed by atoms with Crippen molar-refractivity contribution >= 4 is 11.3 Å². The molecule has 0 spiro atoms. The normalized spacial score (nSPS) is 25.8. The van der Waals surface area contributed by atoms with Crippen LogP contribution in [0.4, 0.5) is 0 Å². The van der Waals surface area contributed by atoms with E-state index in [9.17, 15) is 0 Å². The molecule has 1 aromatic rings. The first kappa shape index (κ1) is 12.1. The fourth-order valence-corrected chi connectivity index (χ4v) is 3.07. The number of ether oxygens (including phenoxy) is 1. The van der Waals surface area contributed by atoms with Crippen LogP contribution in [0.3, 0.4) is 0 Å². The highest BCUT2D eigenvalue weighted by Crippen LogP contribution is 2.20. The molecule has 0 amide bonds. The Morgan fingerprint density at radius 2 is 2.19 bits per heavy atom. The molecule has 1 heterocycles. The molecule has 1 saturated carbocycles. The van der Waals surface area contributed by atoms with Crippen LogP contribution in [-0.2, 0) is 11.2 Å². The summed E-state index contributed by atoms with van der Waals surface area (Å²) in [5.41, 5.74) is 0. The summed E-state index contributed by atoms with van der Waals surface area (Å²) in [6.07, 6.45) is 6.64. The molecule has 1 aliphatic rings. The molecule has 0 unspecified atom stereocenters. The maximum absolute atomic E-state index is 5.38. The Labute approximate surface area is 102 Å². The average Bonchev–Trinajstić information content (AvgIpc) is 2.83. The minimum atomic E-state index is 0.510. The molecule has 1 N–H and O–H groups in total. The third-order valence-electron chi connectivity index (χ3n) is 3.39. The molecule has 0 aromatic carbocycles. The van der Waals surface area contributed by atoms with Crippen LogP contribution in [0.1, 0.15) is 30.6 Å². The van der Waals surface area contributed by atoms with E-state index in [1.807, 2.05) is 18.4 Å². The van der Waals surface area contributed by atoms with Crippen LogP contribution in [-0.4, -0.2) is 25.8 Å². The number of rotatable bonds is 5. The molecule has 0 radical (unpaired) electrons. The van der Waals surface area contributed by atoms with E-state index >= 15 is 0 Å². The van der Waals surface area contributed by atoms with Gasteiger partial charge in [0.25, 0.3) is 0 Å². The summed E-state index contributed by atoms with van der Waals surface area (Å²) in [7, 11) is 1.83. The first-order valence-electron chi connectivity index (χ1n) is 6.17. The number of thiophene rings is 1. The Morgan fingerprint density at radius 3 is 2.81 bits per heavy atom. The summed E-state index contributed by atoms with van der Waals surface area (Å²) >= 11 is 1.85. The highest BCUT2D eigenvalue weighted by atomic mass is 32.1. The average molecular weight is 239 g/mol. The van der Waals surface area contributed by atoms with Crippen molar-refractivity contribution in [1.82, 2.24) is 5.32 Å². The van der Waals surface area contributed by atoms with E-state index in [0.717, 1.165) is 6.54 Å². The molecule has 0 atom stereocenters. The van der Waals surface area contributed by atoms with Gasteiger partial charge in [-0.15, -0.1) is 11.3 Å². The van der Waals surface area contributed by atoms with Gasteiger partial charge in [0.1, 0.15) is 0 Å². The van der Waals surface area contributed by atoms with Gasteiger partial charge in [-0.2, -0.15) is 0 Å². The van der Waals surface area contributed by atoms with Crippen LogP contribution in [0.2, 0.25) is 0 Å². The van der Waals surface area contributed by atoms with Gasteiger partial charge in [0.2, 0.25) is 0 Å². The molecular formula is C13H21NOS. The van der Waals surface area contributed by atoms with Gasteiger partial charge < -0.3 is 10.1 Å². The summed E-state index contributed by atoms with van der Waals surface area (Å²) in [5.74, 6) is 0. The largest absolute Gasteiger partial charge is 0.381 e.